The monoisotopic (exact) mass is 289 g/mol. The summed E-state index contributed by atoms with van der Waals surface area (Å²) < 4.78 is 0. The van der Waals surface area contributed by atoms with E-state index in [1.54, 1.807) is 6.07 Å². The Balaban J connectivity index is 1.98. The largest absolute Gasteiger partial charge is 0.386 e. The standard InChI is InChI=1S/C16H19NO2S/c1-10-4-5-13(8-12(10)3)16(19)17-9-14(18)15-11(2)6-7-20-15/h4-8,14,18H,9H2,1-3H3,(H,17,19). The Bertz CT molecular complexity index is 619. The predicted octanol–water partition coefficient (Wildman–Crippen LogP) is 3.14. The van der Waals surface area contributed by atoms with Gasteiger partial charge in [-0.25, -0.2) is 0 Å². The number of aliphatic hydroxyl groups is 1. The summed E-state index contributed by atoms with van der Waals surface area (Å²) in [7, 11) is 0. The molecule has 1 aromatic heterocycles. The second kappa shape index (κ2) is 6.20. The third kappa shape index (κ3) is 3.26. The molecule has 0 bridgehead atoms. The van der Waals surface area contributed by atoms with Crippen molar-refractivity contribution < 1.29 is 9.90 Å². The number of hydrogen-bond acceptors (Lipinski definition) is 3. The van der Waals surface area contributed by atoms with Gasteiger partial charge in [-0.2, -0.15) is 0 Å². The Morgan fingerprint density at radius 1 is 1.20 bits per heavy atom. The van der Waals surface area contributed by atoms with Crippen LogP contribution in [0.4, 0.5) is 0 Å². The first kappa shape index (κ1) is 14.8. The molecule has 0 fully saturated rings. The summed E-state index contributed by atoms with van der Waals surface area (Å²) >= 11 is 1.51. The van der Waals surface area contributed by atoms with Crippen molar-refractivity contribution in [2.45, 2.75) is 26.9 Å². The van der Waals surface area contributed by atoms with Crippen molar-refractivity contribution >= 4 is 17.2 Å². The summed E-state index contributed by atoms with van der Waals surface area (Å²) in [6.45, 7) is 6.18. The maximum Gasteiger partial charge on any atom is 0.251 e. The molecule has 0 spiro atoms. The summed E-state index contributed by atoms with van der Waals surface area (Å²) in [5.41, 5.74) is 3.94. The predicted molar refractivity (Wildman–Crippen MR) is 82.3 cm³/mol. The molecule has 0 saturated heterocycles. The first-order valence-corrected chi connectivity index (χ1v) is 7.44. The van der Waals surface area contributed by atoms with E-state index in [2.05, 4.69) is 5.32 Å². The van der Waals surface area contributed by atoms with Crippen molar-refractivity contribution in [2.24, 2.45) is 0 Å². The fraction of sp³-hybridized carbons (Fsp3) is 0.312. The Labute approximate surface area is 123 Å². The van der Waals surface area contributed by atoms with Gasteiger partial charge in [-0.1, -0.05) is 6.07 Å². The van der Waals surface area contributed by atoms with Crippen LogP contribution in [0.1, 0.15) is 38.0 Å². The summed E-state index contributed by atoms with van der Waals surface area (Å²) in [5.74, 6) is -0.152. The molecule has 2 rings (SSSR count). The highest BCUT2D eigenvalue weighted by atomic mass is 32.1. The molecule has 4 heteroatoms. The lowest BCUT2D eigenvalue weighted by Gasteiger charge is -2.12. The number of nitrogens with one attached hydrogen (secondary N) is 1. The van der Waals surface area contributed by atoms with E-state index in [1.165, 1.54) is 11.3 Å². The molecule has 0 aliphatic rings. The van der Waals surface area contributed by atoms with Crippen LogP contribution in [0.5, 0.6) is 0 Å². The molecule has 0 saturated carbocycles. The normalized spacial score (nSPS) is 12.2. The lowest BCUT2D eigenvalue weighted by atomic mass is 10.1. The Morgan fingerprint density at radius 3 is 2.55 bits per heavy atom. The third-order valence-corrected chi connectivity index (χ3v) is 4.55. The van der Waals surface area contributed by atoms with Crippen molar-refractivity contribution in [3.8, 4) is 0 Å². The Kier molecular flexibility index (Phi) is 4.57. The van der Waals surface area contributed by atoms with Gasteiger partial charge in [-0.15, -0.1) is 11.3 Å². The number of rotatable bonds is 4. The van der Waals surface area contributed by atoms with Gasteiger partial charge < -0.3 is 10.4 Å². The molecule has 2 N–H and O–H groups in total. The molecule has 0 aliphatic carbocycles. The number of amides is 1. The second-order valence-electron chi connectivity index (χ2n) is 4.99. The molecule has 106 valence electrons. The highest BCUT2D eigenvalue weighted by Crippen LogP contribution is 2.23. The van der Waals surface area contributed by atoms with E-state index in [1.807, 2.05) is 44.4 Å². The number of thiophene rings is 1. The van der Waals surface area contributed by atoms with E-state index < -0.39 is 6.10 Å². The van der Waals surface area contributed by atoms with E-state index in [0.717, 1.165) is 21.6 Å². The molecule has 0 aliphatic heterocycles. The van der Waals surface area contributed by atoms with Gasteiger partial charge in [0.15, 0.2) is 0 Å². The highest BCUT2D eigenvalue weighted by Gasteiger charge is 2.14. The molecule has 1 aromatic carbocycles. The lowest BCUT2D eigenvalue weighted by molar-refractivity contribution is 0.0917. The molecule has 1 amide bonds. The van der Waals surface area contributed by atoms with Gasteiger partial charge in [0.1, 0.15) is 6.10 Å². The van der Waals surface area contributed by atoms with Gasteiger partial charge in [-0.05, 0) is 61.0 Å². The first-order chi connectivity index (χ1) is 9.49. The van der Waals surface area contributed by atoms with E-state index in [-0.39, 0.29) is 12.5 Å². The van der Waals surface area contributed by atoms with Crippen LogP contribution in [-0.4, -0.2) is 17.6 Å². The summed E-state index contributed by atoms with van der Waals surface area (Å²) in [6.07, 6.45) is -0.648. The molecule has 1 heterocycles. The van der Waals surface area contributed by atoms with Gasteiger partial charge in [0.2, 0.25) is 0 Å². The molecule has 1 atom stereocenters. The zero-order valence-electron chi connectivity index (χ0n) is 11.9. The van der Waals surface area contributed by atoms with Crippen LogP contribution in [0.2, 0.25) is 0 Å². The molecule has 3 nitrogen and oxygen atoms in total. The van der Waals surface area contributed by atoms with Gasteiger partial charge in [0.25, 0.3) is 5.91 Å². The molecule has 20 heavy (non-hydrogen) atoms. The SMILES string of the molecule is Cc1ccc(C(=O)NCC(O)c2sccc2C)cc1C. The van der Waals surface area contributed by atoms with Crippen molar-refractivity contribution in [1.29, 1.82) is 0 Å². The van der Waals surface area contributed by atoms with Crippen LogP contribution in [-0.2, 0) is 0 Å². The quantitative estimate of drug-likeness (QED) is 0.908. The summed E-state index contributed by atoms with van der Waals surface area (Å²) in [4.78, 5) is 13.0. The molecule has 2 aromatic rings. The summed E-state index contributed by atoms with van der Waals surface area (Å²) in [6, 6.07) is 7.58. The van der Waals surface area contributed by atoms with Crippen molar-refractivity contribution in [3.63, 3.8) is 0 Å². The van der Waals surface area contributed by atoms with Crippen LogP contribution < -0.4 is 5.32 Å². The van der Waals surface area contributed by atoms with Crippen LogP contribution in [0.15, 0.2) is 29.6 Å². The minimum absolute atomic E-state index is 0.152. The number of aliphatic hydroxyl groups excluding tert-OH is 1. The number of benzene rings is 1. The number of hydrogen-bond donors (Lipinski definition) is 2. The second-order valence-corrected chi connectivity index (χ2v) is 5.94. The molecule has 1 unspecified atom stereocenters. The average molecular weight is 289 g/mol. The first-order valence-electron chi connectivity index (χ1n) is 6.56. The zero-order valence-corrected chi connectivity index (χ0v) is 12.8. The van der Waals surface area contributed by atoms with Crippen LogP contribution in [0, 0.1) is 20.8 Å². The fourth-order valence-corrected chi connectivity index (χ4v) is 2.91. The Hall–Kier alpha value is -1.65. The van der Waals surface area contributed by atoms with Gasteiger partial charge in [0, 0.05) is 17.0 Å². The Morgan fingerprint density at radius 2 is 1.95 bits per heavy atom. The van der Waals surface area contributed by atoms with E-state index in [9.17, 15) is 9.90 Å². The highest BCUT2D eigenvalue weighted by molar-refractivity contribution is 7.10. The molecule has 0 radical (unpaired) electrons. The maximum absolute atomic E-state index is 12.0. The van der Waals surface area contributed by atoms with Crippen LogP contribution >= 0.6 is 11.3 Å². The zero-order chi connectivity index (χ0) is 14.7. The van der Waals surface area contributed by atoms with Crippen molar-refractivity contribution in [3.05, 3.63) is 56.8 Å². The molecular weight excluding hydrogens is 270 g/mol. The summed E-state index contributed by atoms with van der Waals surface area (Å²) in [5, 5.41) is 14.8. The van der Waals surface area contributed by atoms with Gasteiger partial charge >= 0.3 is 0 Å². The fourth-order valence-electron chi connectivity index (χ4n) is 1.99. The average Bonchev–Trinajstić information content (AvgIpc) is 2.85. The lowest BCUT2D eigenvalue weighted by Crippen LogP contribution is -2.28. The third-order valence-electron chi connectivity index (χ3n) is 3.43. The smallest absolute Gasteiger partial charge is 0.251 e. The van der Waals surface area contributed by atoms with E-state index in [4.69, 9.17) is 0 Å². The van der Waals surface area contributed by atoms with Crippen LogP contribution in [0.25, 0.3) is 0 Å². The van der Waals surface area contributed by atoms with E-state index >= 15 is 0 Å². The maximum atomic E-state index is 12.0. The van der Waals surface area contributed by atoms with Crippen molar-refractivity contribution in [2.75, 3.05) is 6.54 Å². The van der Waals surface area contributed by atoms with E-state index in [0.29, 0.717) is 5.56 Å². The van der Waals surface area contributed by atoms with Crippen molar-refractivity contribution in [1.82, 2.24) is 5.32 Å². The number of aryl methyl sites for hydroxylation is 3. The van der Waals surface area contributed by atoms with Crippen LogP contribution in [0.3, 0.4) is 0 Å². The van der Waals surface area contributed by atoms with Gasteiger partial charge in [0.05, 0.1) is 0 Å². The molecular formula is C16H19NO2S. The minimum Gasteiger partial charge on any atom is -0.386 e. The van der Waals surface area contributed by atoms with Gasteiger partial charge in [-0.3, -0.25) is 4.79 Å². The minimum atomic E-state index is -0.648. The topological polar surface area (TPSA) is 49.3 Å². The number of carbonyl (C=O) groups excluding carboxylic acids is 1. The number of carbonyl (C=O) groups is 1.